The van der Waals surface area contributed by atoms with Gasteiger partial charge in [0.15, 0.2) is 0 Å². The second kappa shape index (κ2) is 7.29. The Balaban J connectivity index is 1.85. The van der Waals surface area contributed by atoms with Crippen LogP contribution in [0.15, 0.2) is 30.7 Å². The smallest absolute Gasteiger partial charge is 0.408 e. The van der Waals surface area contributed by atoms with Gasteiger partial charge in [-0.05, 0) is 38.5 Å². The molecule has 0 unspecified atom stereocenters. The third-order valence-electron chi connectivity index (χ3n) is 5.11. The molecular weight excluding hydrogens is 411 g/mol. The number of fused-ring (bicyclic) bond motifs is 1. The number of halogens is 3. The Morgan fingerprint density at radius 3 is 2.55 bits per heavy atom. The van der Waals surface area contributed by atoms with E-state index < -0.39 is 12.7 Å². The highest BCUT2D eigenvalue weighted by molar-refractivity contribution is 5.93. The van der Waals surface area contributed by atoms with Gasteiger partial charge >= 0.3 is 6.18 Å². The quantitative estimate of drug-likeness (QED) is 0.515. The largest absolute Gasteiger partial charge is 0.495 e. The first-order valence-corrected chi connectivity index (χ1v) is 9.41. The molecule has 0 aromatic carbocycles. The summed E-state index contributed by atoms with van der Waals surface area (Å²) in [6.07, 6.45) is -0.177. The zero-order valence-electron chi connectivity index (χ0n) is 17.3. The van der Waals surface area contributed by atoms with Crippen LogP contribution in [0.1, 0.15) is 17.0 Å². The van der Waals surface area contributed by atoms with Crippen molar-refractivity contribution in [2.24, 2.45) is 0 Å². The van der Waals surface area contributed by atoms with Gasteiger partial charge in [0.25, 0.3) is 0 Å². The third-order valence-corrected chi connectivity index (χ3v) is 5.11. The molecule has 10 heteroatoms. The van der Waals surface area contributed by atoms with Gasteiger partial charge in [-0.3, -0.25) is 14.2 Å². The van der Waals surface area contributed by atoms with Crippen molar-refractivity contribution in [3.8, 4) is 28.6 Å². The molecule has 0 saturated carbocycles. The number of methoxy groups -OCH3 is 1. The predicted octanol–water partition coefficient (Wildman–Crippen LogP) is 4.49. The van der Waals surface area contributed by atoms with Crippen molar-refractivity contribution in [3.63, 3.8) is 0 Å². The highest BCUT2D eigenvalue weighted by Crippen LogP contribution is 2.37. The lowest BCUT2D eigenvalue weighted by atomic mass is 10.1. The summed E-state index contributed by atoms with van der Waals surface area (Å²) in [5, 5.41) is 15.2. The summed E-state index contributed by atoms with van der Waals surface area (Å²) in [6, 6.07) is 3.66. The standard InChI is InChI=1S/C21H20F3N5O2/c1-11-5-16(14-6-17(31-4)12(2)25-7-14)27-19-13(3)29(20(30)18(11)19)15-8-26-28(9-15)10-21(22,23)24/h5-9,30H,10H2,1-4H3. The van der Waals surface area contributed by atoms with Crippen molar-refractivity contribution in [1.29, 1.82) is 0 Å². The summed E-state index contributed by atoms with van der Waals surface area (Å²) in [5.74, 6) is 0.529. The minimum atomic E-state index is -4.39. The van der Waals surface area contributed by atoms with Crippen molar-refractivity contribution in [2.45, 2.75) is 33.5 Å². The monoisotopic (exact) mass is 431 g/mol. The van der Waals surface area contributed by atoms with Crippen molar-refractivity contribution >= 4 is 10.9 Å². The highest BCUT2D eigenvalue weighted by Gasteiger charge is 2.29. The van der Waals surface area contributed by atoms with E-state index in [0.717, 1.165) is 21.5 Å². The molecule has 0 amide bonds. The molecule has 0 aliphatic heterocycles. The van der Waals surface area contributed by atoms with Crippen molar-refractivity contribution < 1.29 is 23.0 Å². The van der Waals surface area contributed by atoms with Crippen LogP contribution in [-0.2, 0) is 6.54 Å². The Hall–Kier alpha value is -3.56. The highest BCUT2D eigenvalue weighted by atomic mass is 19.4. The fourth-order valence-electron chi connectivity index (χ4n) is 3.65. The van der Waals surface area contributed by atoms with E-state index in [4.69, 9.17) is 9.72 Å². The molecule has 7 nitrogen and oxygen atoms in total. The second-order valence-electron chi connectivity index (χ2n) is 7.32. The van der Waals surface area contributed by atoms with Crippen LogP contribution in [0.3, 0.4) is 0 Å². The summed E-state index contributed by atoms with van der Waals surface area (Å²) in [6.45, 7) is 4.21. The van der Waals surface area contributed by atoms with E-state index in [1.165, 1.54) is 17.0 Å². The Labute approximate surface area is 175 Å². The third kappa shape index (κ3) is 3.69. The number of hydrogen-bond acceptors (Lipinski definition) is 5. The first-order valence-electron chi connectivity index (χ1n) is 9.41. The molecule has 0 aliphatic rings. The van der Waals surface area contributed by atoms with E-state index >= 15 is 0 Å². The van der Waals surface area contributed by atoms with Gasteiger partial charge in [-0.25, -0.2) is 4.98 Å². The molecule has 4 rings (SSSR count). The fourth-order valence-corrected chi connectivity index (χ4v) is 3.65. The molecular formula is C21H20F3N5O2. The molecule has 0 bridgehead atoms. The van der Waals surface area contributed by atoms with Gasteiger partial charge in [-0.15, -0.1) is 0 Å². The average Bonchev–Trinajstić information content (AvgIpc) is 3.23. The number of nitrogens with zero attached hydrogens (tertiary/aromatic N) is 5. The van der Waals surface area contributed by atoms with Gasteiger partial charge in [-0.1, -0.05) is 0 Å². The van der Waals surface area contributed by atoms with Gasteiger partial charge in [-0.2, -0.15) is 18.3 Å². The summed E-state index contributed by atoms with van der Waals surface area (Å²) >= 11 is 0. The molecule has 4 aromatic rings. The van der Waals surface area contributed by atoms with Crippen molar-refractivity contribution in [2.75, 3.05) is 7.11 Å². The van der Waals surface area contributed by atoms with Crippen LogP contribution < -0.4 is 4.74 Å². The van der Waals surface area contributed by atoms with Crippen LogP contribution in [-0.4, -0.2) is 42.7 Å². The maximum absolute atomic E-state index is 12.7. The normalized spacial score (nSPS) is 12.0. The van der Waals surface area contributed by atoms with Gasteiger partial charge in [0.05, 0.1) is 41.3 Å². The van der Waals surface area contributed by atoms with E-state index in [-0.39, 0.29) is 5.88 Å². The molecule has 4 heterocycles. The zero-order chi connectivity index (χ0) is 22.5. The lowest BCUT2D eigenvalue weighted by Gasteiger charge is -2.08. The molecule has 162 valence electrons. The maximum atomic E-state index is 12.7. The van der Waals surface area contributed by atoms with Crippen LogP contribution in [0.2, 0.25) is 0 Å². The van der Waals surface area contributed by atoms with Gasteiger partial charge in [0, 0.05) is 23.7 Å². The van der Waals surface area contributed by atoms with Gasteiger partial charge in [0.2, 0.25) is 5.88 Å². The predicted molar refractivity (Wildman–Crippen MR) is 109 cm³/mol. The van der Waals surface area contributed by atoms with Crippen LogP contribution in [0.5, 0.6) is 11.6 Å². The fraction of sp³-hybridized carbons (Fsp3) is 0.286. The number of pyridine rings is 2. The van der Waals surface area contributed by atoms with Crippen LogP contribution in [0.25, 0.3) is 27.8 Å². The Morgan fingerprint density at radius 1 is 1.13 bits per heavy atom. The molecule has 0 saturated heterocycles. The number of aromatic nitrogens is 5. The van der Waals surface area contributed by atoms with Crippen molar-refractivity contribution in [3.05, 3.63) is 47.7 Å². The van der Waals surface area contributed by atoms with Crippen LogP contribution in [0, 0.1) is 20.8 Å². The number of alkyl halides is 3. The van der Waals surface area contributed by atoms with E-state index in [9.17, 15) is 18.3 Å². The number of aromatic hydroxyl groups is 1. The summed E-state index contributed by atoms with van der Waals surface area (Å²) in [4.78, 5) is 9.04. The second-order valence-corrected chi connectivity index (χ2v) is 7.32. The minimum Gasteiger partial charge on any atom is -0.495 e. The lowest BCUT2D eigenvalue weighted by Crippen LogP contribution is -2.17. The summed E-state index contributed by atoms with van der Waals surface area (Å²) in [7, 11) is 1.57. The van der Waals surface area contributed by atoms with E-state index in [0.29, 0.717) is 33.7 Å². The molecule has 0 atom stereocenters. The Kier molecular flexibility index (Phi) is 4.87. The number of ether oxygens (including phenoxy) is 1. The number of rotatable bonds is 4. The molecule has 0 spiro atoms. The van der Waals surface area contributed by atoms with E-state index in [1.807, 2.05) is 26.0 Å². The lowest BCUT2D eigenvalue weighted by molar-refractivity contribution is -0.142. The zero-order valence-corrected chi connectivity index (χ0v) is 17.3. The molecule has 0 radical (unpaired) electrons. The van der Waals surface area contributed by atoms with E-state index in [1.54, 1.807) is 20.2 Å². The van der Waals surface area contributed by atoms with Crippen LogP contribution in [0.4, 0.5) is 13.2 Å². The molecule has 31 heavy (non-hydrogen) atoms. The molecule has 1 N–H and O–H groups in total. The summed E-state index contributed by atoms with van der Waals surface area (Å²) < 4.78 is 45.6. The molecule has 0 aliphatic carbocycles. The number of aryl methyl sites for hydroxylation is 3. The Bertz CT molecular complexity index is 1290. The summed E-state index contributed by atoms with van der Waals surface area (Å²) in [5.41, 5.74) is 4.34. The molecule has 4 aromatic heterocycles. The van der Waals surface area contributed by atoms with Gasteiger partial charge < -0.3 is 9.84 Å². The number of hydrogen-bond donors (Lipinski definition) is 1. The van der Waals surface area contributed by atoms with E-state index in [2.05, 4.69) is 10.1 Å². The minimum absolute atomic E-state index is 0.102. The van der Waals surface area contributed by atoms with Gasteiger partial charge in [0.1, 0.15) is 12.3 Å². The molecule has 0 fully saturated rings. The van der Waals surface area contributed by atoms with Crippen LogP contribution >= 0.6 is 0 Å². The average molecular weight is 431 g/mol. The maximum Gasteiger partial charge on any atom is 0.408 e. The van der Waals surface area contributed by atoms with Crippen molar-refractivity contribution in [1.82, 2.24) is 24.3 Å². The Morgan fingerprint density at radius 2 is 1.87 bits per heavy atom. The topological polar surface area (TPSA) is 78.0 Å². The SMILES string of the molecule is COc1cc(-c2cc(C)c3c(O)n(-c4cnn(CC(F)(F)F)c4)c(C)c3n2)cnc1C. The first kappa shape index (κ1) is 20.7. The first-order chi connectivity index (χ1) is 14.6.